The molecule has 27 heavy (non-hydrogen) atoms. The van der Waals surface area contributed by atoms with Crippen LogP contribution >= 0.6 is 11.6 Å². The number of aromatic nitrogens is 4. The third-order valence-corrected chi connectivity index (χ3v) is 6.30. The van der Waals surface area contributed by atoms with Crippen LogP contribution in [0.15, 0.2) is 6.20 Å². The molecule has 2 aromatic rings. The Kier molecular flexibility index (Phi) is 4.37. The second kappa shape index (κ2) is 6.48. The molecule has 2 aliphatic rings. The van der Waals surface area contributed by atoms with Crippen molar-refractivity contribution >= 4 is 23.5 Å². The second-order valence-corrected chi connectivity index (χ2v) is 8.30. The molecule has 0 bridgehead atoms. The fraction of sp³-hybridized carbons (Fsp3) is 0.579. The van der Waals surface area contributed by atoms with Crippen molar-refractivity contribution in [1.29, 1.82) is 0 Å². The van der Waals surface area contributed by atoms with Crippen LogP contribution in [0.4, 0.5) is 5.95 Å². The van der Waals surface area contributed by atoms with Crippen LogP contribution in [0.25, 0.3) is 0 Å². The first kappa shape index (κ1) is 18.2. The normalized spacial score (nSPS) is 21.6. The zero-order valence-electron chi connectivity index (χ0n) is 16.3. The Balaban J connectivity index is 1.67. The lowest BCUT2D eigenvalue weighted by atomic mass is 9.77. The monoisotopic (exact) mass is 388 g/mol. The van der Waals surface area contributed by atoms with E-state index in [0.717, 1.165) is 43.9 Å². The highest BCUT2D eigenvalue weighted by molar-refractivity contribution is 6.34. The van der Waals surface area contributed by atoms with Gasteiger partial charge in [-0.25, -0.2) is 9.97 Å². The maximum Gasteiger partial charge on any atom is 0.273 e. The van der Waals surface area contributed by atoms with Gasteiger partial charge >= 0.3 is 0 Å². The number of aryl methyl sites for hydroxylation is 3. The molecule has 3 heterocycles. The lowest BCUT2D eigenvalue weighted by Gasteiger charge is -2.40. The van der Waals surface area contributed by atoms with E-state index in [-0.39, 0.29) is 11.3 Å². The van der Waals surface area contributed by atoms with Crippen LogP contribution in [-0.4, -0.2) is 57.7 Å². The van der Waals surface area contributed by atoms with Gasteiger partial charge in [0.05, 0.1) is 16.4 Å². The van der Waals surface area contributed by atoms with E-state index < -0.39 is 0 Å². The van der Waals surface area contributed by atoms with Crippen molar-refractivity contribution in [2.75, 3.05) is 32.1 Å². The summed E-state index contributed by atoms with van der Waals surface area (Å²) in [6.07, 6.45) is 5.94. The number of halogens is 1. The summed E-state index contributed by atoms with van der Waals surface area (Å²) in [4.78, 5) is 26.4. The summed E-state index contributed by atoms with van der Waals surface area (Å²) >= 11 is 6.36. The zero-order valence-corrected chi connectivity index (χ0v) is 17.0. The first-order valence-corrected chi connectivity index (χ1v) is 9.72. The maximum atomic E-state index is 13.2. The fourth-order valence-corrected chi connectivity index (χ4v) is 4.71. The molecule has 0 N–H and O–H groups in total. The molecule has 1 amide bonds. The average molecular weight is 389 g/mol. The van der Waals surface area contributed by atoms with Gasteiger partial charge in [0.25, 0.3) is 5.91 Å². The molecule has 1 saturated heterocycles. The molecule has 0 saturated carbocycles. The van der Waals surface area contributed by atoms with Gasteiger partial charge in [0.15, 0.2) is 0 Å². The van der Waals surface area contributed by atoms with E-state index in [2.05, 4.69) is 10.1 Å². The lowest BCUT2D eigenvalue weighted by Crippen LogP contribution is -2.48. The van der Waals surface area contributed by atoms with E-state index in [0.29, 0.717) is 23.0 Å². The molecule has 1 spiro atoms. The number of rotatable bonds is 2. The standard InChI is InChI=1S/C19H25ClN6O/c1-12-14(20)15(25(4)23-12)17(27)26-9-5-7-19(11-26)8-6-13-10-21-18(24(2)3)22-16(13)19/h10H,5-9,11H2,1-4H3. The third kappa shape index (κ3) is 2.88. The van der Waals surface area contributed by atoms with Crippen LogP contribution in [0.1, 0.15) is 46.7 Å². The van der Waals surface area contributed by atoms with E-state index in [1.54, 1.807) is 11.7 Å². The van der Waals surface area contributed by atoms with E-state index in [9.17, 15) is 4.79 Å². The first-order valence-electron chi connectivity index (χ1n) is 9.34. The smallest absolute Gasteiger partial charge is 0.273 e. The number of piperidine rings is 1. The van der Waals surface area contributed by atoms with Gasteiger partial charge in [-0.2, -0.15) is 5.10 Å². The van der Waals surface area contributed by atoms with Gasteiger partial charge in [-0.05, 0) is 38.2 Å². The fourth-order valence-electron chi connectivity index (χ4n) is 4.46. The molecule has 4 rings (SSSR count). The molecule has 1 unspecified atom stereocenters. The molecule has 8 heteroatoms. The molecular formula is C19H25ClN6O. The van der Waals surface area contributed by atoms with E-state index in [4.69, 9.17) is 16.6 Å². The summed E-state index contributed by atoms with van der Waals surface area (Å²) in [6, 6.07) is 0. The molecule has 2 aromatic heterocycles. The van der Waals surface area contributed by atoms with Gasteiger partial charge in [-0.1, -0.05) is 11.6 Å². The molecule has 1 aliphatic carbocycles. The topological polar surface area (TPSA) is 67.2 Å². The van der Waals surface area contributed by atoms with Crippen LogP contribution in [-0.2, 0) is 18.9 Å². The second-order valence-electron chi connectivity index (χ2n) is 7.92. The quantitative estimate of drug-likeness (QED) is 0.790. The van der Waals surface area contributed by atoms with Gasteiger partial charge in [-0.15, -0.1) is 0 Å². The molecule has 0 radical (unpaired) electrons. The van der Waals surface area contributed by atoms with Crippen LogP contribution in [0.2, 0.25) is 5.02 Å². The third-order valence-electron chi connectivity index (χ3n) is 5.84. The number of likely N-dealkylation sites (tertiary alicyclic amines) is 1. The number of fused-ring (bicyclic) bond motifs is 2. The SMILES string of the molecule is Cc1nn(C)c(C(=O)N2CCCC3(CCc4cnc(N(C)C)nc43)C2)c1Cl. The summed E-state index contributed by atoms with van der Waals surface area (Å²) in [6.45, 7) is 3.23. The largest absolute Gasteiger partial charge is 0.347 e. The highest BCUT2D eigenvalue weighted by atomic mass is 35.5. The number of nitrogens with zero attached hydrogens (tertiary/aromatic N) is 6. The number of carbonyl (C=O) groups is 1. The van der Waals surface area contributed by atoms with E-state index >= 15 is 0 Å². The number of hydrogen-bond acceptors (Lipinski definition) is 5. The van der Waals surface area contributed by atoms with Gasteiger partial charge in [0.2, 0.25) is 5.95 Å². The van der Waals surface area contributed by atoms with Gasteiger partial charge in [0.1, 0.15) is 5.69 Å². The predicted octanol–water partition coefficient (Wildman–Crippen LogP) is 2.36. The summed E-state index contributed by atoms with van der Waals surface area (Å²) < 4.78 is 1.59. The van der Waals surface area contributed by atoms with Crippen molar-refractivity contribution in [3.05, 3.63) is 33.9 Å². The summed E-state index contributed by atoms with van der Waals surface area (Å²) in [5, 5.41) is 4.74. The molecule has 0 aromatic carbocycles. The van der Waals surface area contributed by atoms with Crippen LogP contribution in [0, 0.1) is 6.92 Å². The lowest BCUT2D eigenvalue weighted by molar-refractivity contribution is 0.0622. The van der Waals surface area contributed by atoms with Gasteiger partial charge in [-0.3, -0.25) is 9.48 Å². The summed E-state index contributed by atoms with van der Waals surface area (Å²) in [7, 11) is 5.67. The van der Waals surface area contributed by atoms with Crippen LogP contribution < -0.4 is 4.90 Å². The molecule has 1 aliphatic heterocycles. The Bertz CT molecular complexity index is 904. The minimum atomic E-state index is -0.0863. The van der Waals surface area contributed by atoms with Crippen molar-refractivity contribution < 1.29 is 4.79 Å². The van der Waals surface area contributed by atoms with Crippen LogP contribution in [0.5, 0.6) is 0 Å². The average Bonchev–Trinajstić information content (AvgIpc) is 3.11. The first-order chi connectivity index (χ1) is 12.8. The Morgan fingerprint density at radius 2 is 2.11 bits per heavy atom. The maximum absolute atomic E-state index is 13.2. The Labute approximate surface area is 164 Å². The molecule has 1 fully saturated rings. The Hall–Kier alpha value is -2.15. The number of hydrogen-bond donors (Lipinski definition) is 0. The molecule has 1 atom stereocenters. The van der Waals surface area contributed by atoms with Crippen molar-refractivity contribution in [2.24, 2.45) is 7.05 Å². The van der Waals surface area contributed by atoms with Gasteiger partial charge in [0, 0.05) is 45.8 Å². The molecule has 7 nitrogen and oxygen atoms in total. The van der Waals surface area contributed by atoms with Crippen molar-refractivity contribution in [3.63, 3.8) is 0 Å². The van der Waals surface area contributed by atoms with Crippen molar-refractivity contribution in [2.45, 2.75) is 38.0 Å². The zero-order chi connectivity index (χ0) is 19.3. The molecular weight excluding hydrogens is 364 g/mol. The summed E-state index contributed by atoms with van der Waals surface area (Å²) in [5.74, 6) is 0.682. The van der Waals surface area contributed by atoms with E-state index in [1.165, 1.54) is 5.56 Å². The minimum absolute atomic E-state index is 0.0440. The van der Waals surface area contributed by atoms with Gasteiger partial charge < -0.3 is 9.80 Å². The Morgan fingerprint density at radius 3 is 2.78 bits per heavy atom. The highest BCUT2D eigenvalue weighted by Gasteiger charge is 2.45. The summed E-state index contributed by atoms with van der Waals surface area (Å²) in [5.41, 5.74) is 3.40. The minimum Gasteiger partial charge on any atom is -0.347 e. The van der Waals surface area contributed by atoms with Crippen molar-refractivity contribution in [1.82, 2.24) is 24.6 Å². The Morgan fingerprint density at radius 1 is 1.33 bits per heavy atom. The molecule has 144 valence electrons. The number of amides is 1. The number of anilines is 1. The van der Waals surface area contributed by atoms with E-state index in [1.807, 2.05) is 37.0 Å². The predicted molar refractivity (Wildman–Crippen MR) is 104 cm³/mol. The number of carbonyl (C=O) groups excluding carboxylic acids is 1. The highest BCUT2D eigenvalue weighted by Crippen LogP contribution is 2.44. The van der Waals surface area contributed by atoms with Crippen molar-refractivity contribution in [3.8, 4) is 0 Å². The van der Waals surface area contributed by atoms with Crippen LogP contribution in [0.3, 0.4) is 0 Å².